The first-order valence-electron chi connectivity index (χ1n) is 8.22. The van der Waals surface area contributed by atoms with Crippen LogP contribution in [0, 0.1) is 5.41 Å². The number of hydrogen-bond acceptors (Lipinski definition) is 2. The van der Waals surface area contributed by atoms with Gasteiger partial charge in [-0.2, -0.15) is 0 Å². The van der Waals surface area contributed by atoms with E-state index in [1.165, 1.54) is 31.5 Å². The second-order valence-electron chi connectivity index (χ2n) is 6.80. The van der Waals surface area contributed by atoms with Crippen LogP contribution in [0.3, 0.4) is 0 Å². The zero-order valence-electron chi connectivity index (χ0n) is 14.1. The van der Waals surface area contributed by atoms with Crippen molar-refractivity contribution in [3.05, 3.63) is 18.2 Å². The summed E-state index contributed by atoms with van der Waals surface area (Å²) in [4.78, 5) is 4.50. The molecule has 1 rings (SSSR count). The van der Waals surface area contributed by atoms with Crippen molar-refractivity contribution in [1.82, 2.24) is 14.9 Å². The molecule has 1 unspecified atom stereocenters. The summed E-state index contributed by atoms with van der Waals surface area (Å²) in [5.74, 6) is 1.25. The smallest absolute Gasteiger partial charge is 0.108 e. The summed E-state index contributed by atoms with van der Waals surface area (Å²) in [6.07, 6.45) is 9.94. The van der Waals surface area contributed by atoms with Gasteiger partial charge in [-0.1, -0.05) is 34.6 Å². The van der Waals surface area contributed by atoms with Crippen molar-refractivity contribution in [3.63, 3.8) is 0 Å². The normalized spacial score (nSPS) is 13.7. The van der Waals surface area contributed by atoms with Gasteiger partial charge in [0.15, 0.2) is 0 Å². The first-order valence-corrected chi connectivity index (χ1v) is 8.22. The first-order chi connectivity index (χ1) is 9.49. The fraction of sp³-hybridized carbons (Fsp3) is 0.824. The van der Waals surface area contributed by atoms with Crippen molar-refractivity contribution < 1.29 is 0 Å². The number of nitrogens with zero attached hydrogens (tertiary/aromatic N) is 2. The summed E-state index contributed by atoms with van der Waals surface area (Å²) in [5.41, 5.74) is 0.327. The third kappa shape index (κ3) is 5.66. The SMILES string of the molecule is CCCNC(CCCc1nccn1CCC)C(C)(C)C. The summed E-state index contributed by atoms with van der Waals surface area (Å²) in [7, 11) is 0. The van der Waals surface area contributed by atoms with E-state index in [2.05, 4.69) is 55.7 Å². The molecule has 0 saturated carbocycles. The summed E-state index contributed by atoms with van der Waals surface area (Å²) >= 11 is 0. The predicted octanol–water partition coefficient (Wildman–Crippen LogP) is 4.03. The molecule has 116 valence electrons. The van der Waals surface area contributed by atoms with Gasteiger partial charge in [0.2, 0.25) is 0 Å². The fourth-order valence-electron chi connectivity index (χ4n) is 2.64. The molecule has 3 nitrogen and oxygen atoms in total. The molecule has 0 fully saturated rings. The molecule has 0 aromatic carbocycles. The second kappa shape index (κ2) is 8.46. The molecule has 3 heteroatoms. The Labute approximate surface area is 125 Å². The molecule has 20 heavy (non-hydrogen) atoms. The highest BCUT2D eigenvalue weighted by molar-refractivity contribution is 4.93. The molecular formula is C17H33N3. The summed E-state index contributed by atoms with van der Waals surface area (Å²) < 4.78 is 2.30. The van der Waals surface area contributed by atoms with E-state index in [0.717, 1.165) is 19.5 Å². The van der Waals surface area contributed by atoms with Gasteiger partial charge in [-0.3, -0.25) is 0 Å². The van der Waals surface area contributed by atoms with Crippen molar-refractivity contribution in [1.29, 1.82) is 0 Å². The molecule has 0 saturated heterocycles. The highest BCUT2D eigenvalue weighted by Crippen LogP contribution is 2.23. The molecule has 0 amide bonds. The molecule has 0 bridgehead atoms. The van der Waals surface area contributed by atoms with Gasteiger partial charge in [-0.25, -0.2) is 4.98 Å². The van der Waals surface area contributed by atoms with Crippen molar-refractivity contribution >= 4 is 0 Å². The van der Waals surface area contributed by atoms with Crippen molar-refractivity contribution in [2.45, 2.75) is 79.3 Å². The Kier molecular flexibility index (Phi) is 7.28. The van der Waals surface area contributed by atoms with Gasteiger partial charge >= 0.3 is 0 Å². The van der Waals surface area contributed by atoms with Gasteiger partial charge in [-0.15, -0.1) is 0 Å². The van der Waals surface area contributed by atoms with Crippen LogP contribution in [-0.2, 0) is 13.0 Å². The molecule has 0 spiro atoms. The van der Waals surface area contributed by atoms with Crippen molar-refractivity contribution in [2.24, 2.45) is 5.41 Å². The van der Waals surface area contributed by atoms with Crippen LogP contribution in [0.2, 0.25) is 0 Å². The number of hydrogen-bond donors (Lipinski definition) is 1. The zero-order valence-corrected chi connectivity index (χ0v) is 14.1. The lowest BCUT2D eigenvalue weighted by Gasteiger charge is -2.32. The number of nitrogens with one attached hydrogen (secondary N) is 1. The van der Waals surface area contributed by atoms with Crippen LogP contribution < -0.4 is 5.32 Å². The lowest BCUT2D eigenvalue weighted by Crippen LogP contribution is -2.40. The average molecular weight is 279 g/mol. The Morgan fingerprint density at radius 2 is 2.00 bits per heavy atom. The molecule has 0 aliphatic carbocycles. The molecular weight excluding hydrogens is 246 g/mol. The van der Waals surface area contributed by atoms with E-state index in [-0.39, 0.29) is 0 Å². The maximum atomic E-state index is 4.50. The van der Waals surface area contributed by atoms with E-state index >= 15 is 0 Å². The van der Waals surface area contributed by atoms with Crippen LogP contribution in [0.25, 0.3) is 0 Å². The van der Waals surface area contributed by atoms with Crippen molar-refractivity contribution in [3.8, 4) is 0 Å². The summed E-state index contributed by atoms with van der Waals surface area (Å²) in [5, 5.41) is 3.70. The highest BCUT2D eigenvalue weighted by Gasteiger charge is 2.23. The standard InChI is InChI=1S/C17H33N3/c1-6-11-18-15(17(3,4)5)9-8-10-16-19-12-14-20(16)13-7-2/h12,14-15,18H,6-11,13H2,1-5H3. The largest absolute Gasteiger partial charge is 0.335 e. The van der Waals surface area contributed by atoms with Crippen LogP contribution in [0.15, 0.2) is 12.4 Å². The van der Waals surface area contributed by atoms with Crippen LogP contribution in [0.1, 0.15) is 66.1 Å². The molecule has 0 aliphatic heterocycles. The van der Waals surface area contributed by atoms with Crippen LogP contribution in [0.5, 0.6) is 0 Å². The minimum absolute atomic E-state index is 0.327. The van der Waals surface area contributed by atoms with Crippen LogP contribution >= 0.6 is 0 Å². The third-order valence-corrected chi connectivity index (χ3v) is 3.85. The Hall–Kier alpha value is -0.830. The molecule has 1 aromatic rings. The monoisotopic (exact) mass is 279 g/mol. The van der Waals surface area contributed by atoms with Gasteiger partial charge < -0.3 is 9.88 Å². The quantitative estimate of drug-likeness (QED) is 0.739. The van der Waals surface area contributed by atoms with Gasteiger partial charge in [0.1, 0.15) is 5.82 Å². The van der Waals surface area contributed by atoms with Gasteiger partial charge in [0.25, 0.3) is 0 Å². The summed E-state index contributed by atoms with van der Waals surface area (Å²) in [6.45, 7) is 13.6. The fourth-order valence-corrected chi connectivity index (χ4v) is 2.64. The summed E-state index contributed by atoms with van der Waals surface area (Å²) in [6, 6.07) is 0.594. The van der Waals surface area contributed by atoms with Gasteiger partial charge in [-0.05, 0) is 37.6 Å². The zero-order chi connectivity index (χ0) is 15.0. The topological polar surface area (TPSA) is 29.9 Å². The molecule has 0 aliphatic rings. The van der Waals surface area contributed by atoms with Crippen LogP contribution in [-0.4, -0.2) is 22.1 Å². The molecule has 1 N–H and O–H groups in total. The second-order valence-corrected chi connectivity index (χ2v) is 6.80. The third-order valence-electron chi connectivity index (χ3n) is 3.85. The average Bonchev–Trinajstić information content (AvgIpc) is 2.80. The van der Waals surface area contributed by atoms with E-state index in [1.807, 2.05) is 6.20 Å². The van der Waals surface area contributed by atoms with E-state index in [1.54, 1.807) is 0 Å². The molecule has 1 atom stereocenters. The lowest BCUT2D eigenvalue weighted by atomic mass is 9.83. The molecule has 0 radical (unpaired) electrons. The lowest BCUT2D eigenvalue weighted by molar-refractivity contribution is 0.251. The molecule has 1 aromatic heterocycles. The van der Waals surface area contributed by atoms with E-state index in [0.29, 0.717) is 11.5 Å². The maximum absolute atomic E-state index is 4.50. The number of aromatic nitrogens is 2. The Bertz CT molecular complexity index is 363. The number of aryl methyl sites for hydroxylation is 2. The minimum atomic E-state index is 0.327. The van der Waals surface area contributed by atoms with Crippen molar-refractivity contribution in [2.75, 3.05) is 6.54 Å². The Morgan fingerprint density at radius 1 is 1.25 bits per heavy atom. The first kappa shape index (κ1) is 17.2. The maximum Gasteiger partial charge on any atom is 0.108 e. The Morgan fingerprint density at radius 3 is 2.60 bits per heavy atom. The van der Waals surface area contributed by atoms with E-state index < -0.39 is 0 Å². The van der Waals surface area contributed by atoms with Gasteiger partial charge in [0.05, 0.1) is 0 Å². The Balaban J connectivity index is 2.45. The molecule has 1 heterocycles. The number of rotatable bonds is 9. The highest BCUT2D eigenvalue weighted by atomic mass is 15.1. The predicted molar refractivity (Wildman–Crippen MR) is 87.0 cm³/mol. The van der Waals surface area contributed by atoms with E-state index in [9.17, 15) is 0 Å². The number of imidazole rings is 1. The van der Waals surface area contributed by atoms with Crippen LogP contribution in [0.4, 0.5) is 0 Å². The van der Waals surface area contributed by atoms with Gasteiger partial charge in [0, 0.05) is 31.4 Å². The van der Waals surface area contributed by atoms with E-state index in [4.69, 9.17) is 0 Å². The minimum Gasteiger partial charge on any atom is -0.335 e.